The molecule has 0 radical (unpaired) electrons. The number of aromatic carboxylic acids is 1. The van der Waals surface area contributed by atoms with Crippen LogP contribution in [0, 0.1) is 13.8 Å². The summed E-state index contributed by atoms with van der Waals surface area (Å²) in [5, 5.41) is 11.7. The van der Waals surface area contributed by atoms with Gasteiger partial charge in [-0.3, -0.25) is 19.8 Å². The number of amides is 2. The Kier molecular flexibility index (Phi) is 5.46. The van der Waals surface area contributed by atoms with Crippen molar-refractivity contribution < 1.29 is 23.9 Å². The van der Waals surface area contributed by atoms with E-state index < -0.39 is 17.8 Å². The lowest BCUT2D eigenvalue weighted by atomic mass is 10.0. The van der Waals surface area contributed by atoms with Crippen molar-refractivity contribution in [3.8, 4) is 11.3 Å². The fourth-order valence-electron chi connectivity index (χ4n) is 3.45. The molecule has 0 unspecified atom stereocenters. The normalized spacial score (nSPS) is 15.2. The number of hydrogen-bond donors (Lipinski definition) is 2. The first-order valence-corrected chi connectivity index (χ1v) is 10.1. The largest absolute Gasteiger partial charge is 0.478 e. The maximum Gasteiger partial charge on any atom is 0.335 e. The molecule has 2 amide bonds. The average Bonchev–Trinajstić information content (AvgIpc) is 3.19. The Bertz CT molecular complexity index is 1320. The second-order valence-corrected chi connectivity index (χ2v) is 7.72. The van der Waals surface area contributed by atoms with Gasteiger partial charge in [-0.05, 0) is 79.7 Å². The van der Waals surface area contributed by atoms with Gasteiger partial charge in [-0.1, -0.05) is 18.2 Å². The molecule has 2 N–H and O–H groups in total. The number of nitrogens with one attached hydrogen (secondary N) is 1. The number of carbonyl (C=O) groups excluding carboxylic acids is 2. The molecule has 2 aromatic carbocycles. The van der Waals surface area contributed by atoms with Gasteiger partial charge in [0.2, 0.25) is 0 Å². The number of benzene rings is 2. The van der Waals surface area contributed by atoms with E-state index in [0.29, 0.717) is 22.8 Å². The van der Waals surface area contributed by atoms with Crippen LogP contribution >= 0.6 is 12.2 Å². The van der Waals surface area contributed by atoms with Gasteiger partial charge in [-0.15, -0.1) is 0 Å². The third-order valence-corrected chi connectivity index (χ3v) is 5.30. The zero-order valence-corrected chi connectivity index (χ0v) is 18.0. The van der Waals surface area contributed by atoms with Crippen LogP contribution in [0.15, 0.2) is 64.6 Å². The third kappa shape index (κ3) is 3.95. The van der Waals surface area contributed by atoms with Gasteiger partial charge in [0.25, 0.3) is 11.8 Å². The molecule has 7 nitrogen and oxygen atoms in total. The van der Waals surface area contributed by atoms with Crippen LogP contribution in [-0.4, -0.2) is 28.0 Å². The minimum absolute atomic E-state index is 0.0111. The molecule has 32 heavy (non-hydrogen) atoms. The Morgan fingerprint density at radius 1 is 1.09 bits per heavy atom. The molecule has 0 saturated carbocycles. The van der Waals surface area contributed by atoms with Gasteiger partial charge < -0.3 is 9.52 Å². The van der Waals surface area contributed by atoms with E-state index in [0.717, 1.165) is 11.1 Å². The van der Waals surface area contributed by atoms with Crippen molar-refractivity contribution in [1.29, 1.82) is 0 Å². The minimum Gasteiger partial charge on any atom is -0.478 e. The van der Waals surface area contributed by atoms with E-state index in [1.807, 2.05) is 13.0 Å². The number of carboxylic acids is 1. The number of anilines is 1. The molecular weight excluding hydrogens is 428 g/mol. The summed E-state index contributed by atoms with van der Waals surface area (Å²) in [6, 6.07) is 15.3. The lowest BCUT2D eigenvalue weighted by molar-refractivity contribution is -0.122. The molecule has 3 aromatic rings. The molecule has 1 aliphatic heterocycles. The Hall–Kier alpha value is -4.04. The highest BCUT2D eigenvalue weighted by atomic mass is 32.1. The molecule has 1 aromatic heterocycles. The van der Waals surface area contributed by atoms with Crippen LogP contribution in [0.5, 0.6) is 0 Å². The molecular formula is C24H18N2O5S. The molecule has 1 saturated heterocycles. The smallest absolute Gasteiger partial charge is 0.335 e. The topological polar surface area (TPSA) is 99.8 Å². The van der Waals surface area contributed by atoms with Gasteiger partial charge in [0.05, 0.1) is 11.3 Å². The van der Waals surface area contributed by atoms with Gasteiger partial charge in [-0.25, -0.2) is 4.79 Å². The van der Waals surface area contributed by atoms with Crippen molar-refractivity contribution in [1.82, 2.24) is 5.32 Å². The van der Waals surface area contributed by atoms with E-state index in [2.05, 4.69) is 5.32 Å². The standard InChI is InChI=1S/C24H18N2O5S/c1-13-4-3-5-16(10-13)26-22(28)19(21(27)25-24(26)32)12-17-7-9-20(31-17)18-8-6-15(23(29)30)11-14(18)2/h3-12H,1-2H3,(H,29,30)(H,25,27,32)/b19-12+. The highest BCUT2D eigenvalue weighted by molar-refractivity contribution is 7.80. The summed E-state index contributed by atoms with van der Waals surface area (Å²) in [7, 11) is 0. The number of aryl methyl sites for hydroxylation is 2. The number of carboxylic acid groups (broad SMARTS) is 1. The summed E-state index contributed by atoms with van der Waals surface area (Å²) in [5.41, 5.74) is 3.00. The van der Waals surface area contributed by atoms with E-state index in [-0.39, 0.29) is 16.2 Å². The van der Waals surface area contributed by atoms with Gasteiger partial charge in [-0.2, -0.15) is 0 Å². The average molecular weight is 446 g/mol. The first kappa shape index (κ1) is 21.2. The van der Waals surface area contributed by atoms with E-state index in [4.69, 9.17) is 21.7 Å². The van der Waals surface area contributed by atoms with Crippen LogP contribution < -0.4 is 10.2 Å². The lowest BCUT2D eigenvalue weighted by Crippen LogP contribution is -2.54. The Labute approximate surface area is 189 Å². The lowest BCUT2D eigenvalue weighted by Gasteiger charge is -2.29. The monoisotopic (exact) mass is 446 g/mol. The molecule has 1 aliphatic rings. The molecule has 1 fully saturated rings. The van der Waals surface area contributed by atoms with Gasteiger partial charge in [0, 0.05) is 5.56 Å². The summed E-state index contributed by atoms with van der Waals surface area (Å²) in [6.07, 6.45) is 1.37. The van der Waals surface area contributed by atoms with Gasteiger partial charge in [0.15, 0.2) is 5.11 Å². The van der Waals surface area contributed by atoms with Gasteiger partial charge in [0.1, 0.15) is 17.1 Å². The number of carbonyl (C=O) groups is 3. The first-order chi connectivity index (χ1) is 15.2. The number of thiocarbonyl (C=S) groups is 1. The third-order valence-electron chi connectivity index (χ3n) is 5.01. The second kappa shape index (κ2) is 8.24. The van der Waals surface area contributed by atoms with E-state index in [9.17, 15) is 14.4 Å². The van der Waals surface area contributed by atoms with Crippen molar-refractivity contribution in [2.45, 2.75) is 13.8 Å². The highest BCUT2D eigenvalue weighted by Gasteiger charge is 2.34. The molecule has 0 spiro atoms. The maximum absolute atomic E-state index is 13.1. The molecule has 2 heterocycles. The van der Waals surface area contributed by atoms with Crippen LogP contribution in [-0.2, 0) is 9.59 Å². The van der Waals surface area contributed by atoms with Crippen LogP contribution in [0.1, 0.15) is 27.2 Å². The molecule has 0 aliphatic carbocycles. The Balaban J connectivity index is 1.67. The zero-order valence-electron chi connectivity index (χ0n) is 17.2. The van der Waals surface area contributed by atoms with Crippen molar-refractivity contribution in [2.75, 3.05) is 4.90 Å². The van der Waals surface area contributed by atoms with Crippen LogP contribution in [0.25, 0.3) is 17.4 Å². The molecule has 160 valence electrons. The maximum atomic E-state index is 13.1. The number of rotatable bonds is 4. The fourth-order valence-corrected chi connectivity index (χ4v) is 3.73. The quantitative estimate of drug-likeness (QED) is 0.356. The fraction of sp³-hybridized carbons (Fsp3) is 0.0833. The van der Waals surface area contributed by atoms with Crippen molar-refractivity contribution in [3.63, 3.8) is 0 Å². The van der Waals surface area contributed by atoms with E-state index >= 15 is 0 Å². The van der Waals surface area contributed by atoms with Crippen molar-refractivity contribution in [3.05, 3.63) is 82.6 Å². The van der Waals surface area contributed by atoms with Gasteiger partial charge >= 0.3 is 5.97 Å². The Morgan fingerprint density at radius 3 is 2.56 bits per heavy atom. The van der Waals surface area contributed by atoms with E-state index in [1.54, 1.807) is 49.4 Å². The zero-order chi connectivity index (χ0) is 23.0. The van der Waals surface area contributed by atoms with Crippen LogP contribution in [0.3, 0.4) is 0 Å². The molecule has 4 rings (SSSR count). The molecule has 0 bridgehead atoms. The van der Waals surface area contributed by atoms with E-state index in [1.165, 1.54) is 17.0 Å². The van der Waals surface area contributed by atoms with Crippen LogP contribution in [0.4, 0.5) is 5.69 Å². The molecule has 0 atom stereocenters. The predicted octanol–water partition coefficient (Wildman–Crippen LogP) is 4.09. The Morgan fingerprint density at radius 2 is 1.88 bits per heavy atom. The summed E-state index contributed by atoms with van der Waals surface area (Å²) in [6.45, 7) is 3.67. The minimum atomic E-state index is -1.01. The predicted molar refractivity (Wildman–Crippen MR) is 123 cm³/mol. The number of nitrogens with zero attached hydrogens (tertiary/aromatic N) is 1. The number of furan rings is 1. The van der Waals surface area contributed by atoms with Crippen molar-refractivity contribution >= 4 is 46.9 Å². The number of hydrogen-bond acceptors (Lipinski definition) is 5. The van der Waals surface area contributed by atoms with Crippen molar-refractivity contribution in [2.24, 2.45) is 0 Å². The summed E-state index contributed by atoms with van der Waals surface area (Å²) in [5.74, 6) is -1.38. The first-order valence-electron chi connectivity index (χ1n) is 9.67. The summed E-state index contributed by atoms with van der Waals surface area (Å²) >= 11 is 5.22. The summed E-state index contributed by atoms with van der Waals surface area (Å²) < 4.78 is 5.83. The highest BCUT2D eigenvalue weighted by Crippen LogP contribution is 2.28. The van der Waals surface area contributed by atoms with Crippen LogP contribution in [0.2, 0.25) is 0 Å². The second-order valence-electron chi connectivity index (χ2n) is 7.33. The SMILES string of the molecule is Cc1cccc(N2C(=O)/C(=C/c3ccc(-c4ccc(C(=O)O)cc4C)o3)C(=O)NC2=S)c1. The molecule has 8 heteroatoms. The summed E-state index contributed by atoms with van der Waals surface area (Å²) in [4.78, 5) is 38.0.